The molecule has 4 rings (SSSR count). The number of anilines is 2. The molecule has 2 aromatic carbocycles. The SMILES string of the molecule is O=C(CN1CCC(C(=O)Nc2ccccc2)CC1)Nc1ccc2c(c1)OCO2. The highest BCUT2D eigenvalue weighted by Gasteiger charge is 2.26. The summed E-state index contributed by atoms with van der Waals surface area (Å²) in [5.74, 6) is 1.28. The Morgan fingerprint density at radius 1 is 0.929 bits per heavy atom. The zero-order valence-corrected chi connectivity index (χ0v) is 15.5. The second-order valence-corrected chi connectivity index (χ2v) is 7.02. The van der Waals surface area contributed by atoms with Crippen molar-refractivity contribution in [3.8, 4) is 11.5 Å². The number of fused-ring (bicyclic) bond motifs is 1. The average molecular weight is 381 g/mol. The first-order valence-electron chi connectivity index (χ1n) is 9.45. The quantitative estimate of drug-likeness (QED) is 0.833. The van der Waals surface area contributed by atoms with E-state index in [0.29, 0.717) is 23.7 Å². The summed E-state index contributed by atoms with van der Waals surface area (Å²) in [5, 5.41) is 5.85. The van der Waals surface area contributed by atoms with E-state index >= 15 is 0 Å². The Labute approximate surface area is 163 Å². The minimum atomic E-state index is -0.0777. The minimum absolute atomic E-state index is 0.0200. The summed E-state index contributed by atoms with van der Waals surface area (Å²) >= 11 is 0. The lowest BCUT2D eigenvalue weighted by Gasteiger charge is -2.30. The number of nitrogens with one attached hydrogen (secondary N) is 2. The van der Waals surface area contributed by atoms with Gasteiger partial charge >= 0.3 is 0 Å². The van der Waals surface area contributed by atoms with Gasteiger partial charge in [-0.05, 0) is 50.2 Å². The topological polar surface area (TPSA) is 79.9 Å². The van der Waals surface area contributed by atoms with Crippen molar-refractivity contribution < 1.29 is 19.1 Å². The van der Waals surface area contributed by atoms with Crippen LogP contribution < -0.4 is 20.1 Å². The van der Waals surface area contributed by atoms with Gasteiger partial charge < -0.3 is 20.1 Å². The maximum absolute atomic E-state index is 12.4. The van der Waals surface area contributed by atoms with E-state index in [1.165, 1.54) is 0 Å². The molecule has 7 heteroatoms. The zero-order valence-electron chi connectivity index (χ0n) is 15.5. The van der Waals surface area contributed by atoms with Crippen molar-refractivity contribution in [3.63, 3.8) is 0 Å². The number of amides is 2. The van der Waals surface area contributed by atoms with Gasteiger partial charge in [-0.1, -0.05) is 18.2 Å². The van der Waals surface area contributed by atoms with E-state index in [-0.39, 0.29) is 24.5 Å². The van der Waals surface area contributed by atoms with E-state index in [9.17, 15) is 9.59 Å². The molecule has 0 aromatic heterocycles. The highest BCUT2D eigenvalue weighted by atomic mass is 16.7. The first-order chi connectivity index (χ1) is 13.7. The zero-order chi connectivity index (χ0) is 19.3. The third-order valence-electron chi connectivity index (χ3n) is 5.02. The second-order valence-electron chi connectivity index (χ2n) is 7.02. The molecule has 0 aliphatic carbocycles. The van der Waals surface area contributed by atoms with Crippen molar-refractivity contribution in [2.45, 2.75) is 12.8 Å². The number of piperidine rings is 1. The number of carbonyl (C=O) groups excluding carboxylic acids is 2. The van der Waals surface area contributed by atoms with Crippen molar-refractivity contribution in [1.82, 2.24) is 4.90 Å². The van der Waals surface area contributed by atoms with Crippen LogP contribution in [0.1, 0.15) is 12.8 Å². The van der Waals surface area contributed by atoms with E-state index < -0.39 is 0 Å². The largest absolute Gasteiger partial charge is 0.454 e. The lowest BCUT2D eigenvalue weighted by molar-refractivity contribution is -0.121. The van der Waals surface area contributed by atoms with Crippen LogP contribution in [0.25, 0.3) is 0 Å². The van der Waals surface area contributed by atoms with E-state index in [1.807, 2.05) is 30.3 Å². The second kappa shape index (κ2) is 8.31. The number of nitrogens with zero attached hydrogens (tertiary/aromatic N) is 1. The van der Waals surface area contributed by atoms with Crippen LogP contribution in [0.4, 0.5) is 11.4 Å². The van der Waals surface area contributed by atoms with Gasteiger partial charge in [0.15, 0.2) is 11.5 Å². The molecule has 2 aliphatic rings. The van der Waals surface area contributed by atoms with Crippen LogP contribution >= 0.6 is 0 Å². The highest BCUT2D eigenvalue weighted by Crippen LogP contribution is 2.34. The lowest BCUT2D eigenvalue weighted by Crippen LogP contribution is -2.41. The lowest BCUT2D eigenvalue weighted by atomic mass is 9.96. The first kappa shape index (κ1) is 18.3. The van der Waals surface area contributed by atoms with Crippen LogP contribution in [0.2, 0.25) is 0 Å². The summed E-state index contributed by atoms with van der Waals surface area (Å²) in [6, 6.07) is 14.8. The van der Waals surface area contributed by atoms with E-state index in [2.05, 4.69) is 15.5 Å². The van der Waals surface area contributed by atoms with Crippen LogP contribution in [0.5, 0.6) is 11.5 Å². The molecule has 7 nitrogen and oxygen atoms in total. The highest BCUT2D eigenvalue weighted by molar-refractivity contribution is 5.93. The average Bonchev–Trinajstić information content (AvgIpc) is 3.17. The number of hydrogen-bond acceptors (Lipinski definition) is 5. The van der Waals surface area contributed by atoms with Crippen molar-refractivity contribution in [1.29, 1.82) is 0 Å². The van der Waals surface area contributed by atoms with Gasteiger partial charge in [0.25, 0.3) is 0 Å². The smallest absolute Gasteiger partial charge is 0.238 e. The third kappa shape index (κ3) is 4.43. The van der Waals surface area contributed by atoms with Crippen LogP contribution in [-0.4, -0.2) is 43.1 Å². The van der Waals surface area contributed by atoms with Gasteiger partial charge in [-0.15, -0.1) is 0 Å². The van der Waals surface area contributed by atoms with Crippen molar-refractivity contribution in [3.05, 3.63) is 48.5 Å². The van der Waals surface area contributed by atoms with E-state index in [4.69, 9.17) is 9.47 Å². The molecule has 1 saturated heterocycles. The molecule has 2 heterocycles. The molecule has 0 saturated carbocycles. The fraction of sp³-hybridized carbons (Fsp3) is 0.333. The summed E-state index contributed by atoms with van der Waals surface area (Å²) in [6.07, 6.45) is 1.49. The molecular formula is C21H23N3O4. The number of carbonyl (C=O) groups is 2. The fourth-order valence-electron chi connectivity index (χ4n) is 3.50. The standard InChI is InChI=1S/C21H23N3O4/c25-20(22-17-6-7-18-19(12-17)28-14-27-18)13-24-10-8-15(9-11-24)21(26)23-16-4-2-1-3-5-16/h1-7,12,15H,8-11,13-14H2,(H,22,25)(H,23,26). The molecule has 2 amide bonds. The fourth-order valence-corrected chi connectivity index (χ4v) is 3.50. The summed E-state index contributed by atoms with van der Waals surface area (Å²) in [4.78, 5) is 26.8. The molecule has 2 N–H and O–H groups in total. The first-order valence-corrected chi connectivity index (χ1v) is 9.45. The molecule has 0 unspecified atom stereocenters. The number of hydrogen-bond donors (Lipinski definition) is 2. The van der Waals surface area contributed by atoms with Gasteiger partial charge in [-0.3, -0.25) is 14.5 Å². The molecule has 146 valence electrons. The van der Waals surface area contributed by atoms with Gasteiger partial charge in [0, 0.05) is 23.4 Å². The summed E-state index contributed by atoms with van der Waals surface area (Å²) in [7, 11) is 0. The Balaban J connectivity index is 1.23. The van der Waals surface area contributed by atoms with Gasteiger partial charge in [-0.2, -0.15) is 0 Å². The monoisotopic (exact) mass is 381 g/mol. The normalized spacial score (nSPS) is 16.6. The molecular weight excluding hydrogens is 358 g/mol. The van der Waals surface area contributed by atoms with E-state index in [1.54, 1.807) is 18.2 Å². The third-order valence-corrected chi connectivity index (χ3v) is 5.02. The van der Waals surface area contributed by atoms with Gasteiger partial charge in [0.2, 0.25) is 18.6 Å². The number of para-hydroxylation sites is 1. The summed E-state index contributed by atoms with van der Waals surface area (Å²) in [6.45, 7) is 1.96. The molecule has 0 atom stereocenters. The minimum Gasteiger partial charge on any atom is -0.454 e. The Hall–Kier alpha value is -3.06. The predicted molar refractivity (Wildman–Crippen MR) is 105 cm³/mol. The Bertz CT molecular complexity index is 848. The van der Waals surface area contributed by atoms with Crippen LogP contribution in [0, 0.1) is 5.92 Å². The van der Waals surface area contributed by atoms with Gasteiger partial charge in [0.1, 0.15) is 0 Å². The number of rotatable bonds is 5. The van der Waals surface area contributed by atoms with Crippen LogP contribution in [-0.2, 0) is 9.59 Å². The molecule has 2 aliphatic heterocycles. The molecule has 28 heavy (non-hydrogen) atoms. The molecule has 0 bridgehead atoms. The van der Waals surface area contributed by atoms with Crippen molar-refractivity contribution in [2.24, 2.45) is 5.92 Å². The number of likely N-dealkylation sites (tertiary alicyclic amines) is 1. The van der Waals surface area contributed by atoms with Crippen molar-refractivity contribution >= 4 is 23.2 Å². The predicted octanol–water partition coefficient (Wildman–Crippen LogP) is 2.70. The Kier molecular flexibility index (Phi) is 5.43. The molecule has 0 spiro atoms. The number of ether oxygens (including phenoxy) is 2. The Morgan fingerprint density at radius 2 is 1.68 bits per heavy atom. The van der Waals surface area contributed by atoms with Crippen molar-refractivity contribution in [2.75, 3.05) is 37.1 Å². The maximum atomic E-state index is 12.4. The Morgan fingerprint density at radius 3 is 2.46 bits per heavy atom. The maximum Gasteiger partial charge on any atom is 0.238 e. The van der Waals surface area contributed by atoms with Gasteiger partial charge in [-0.25, -0.2) is 0 Å². The van der Waals surface area contributed by atoms with E-state index in [0.717, 1.165) is 31.6 Å². The van der Waals surface area contributed by atoms with Crippen LogP contribution in [0.15, 0.2) is 48.5 Å². The summed E-state index contributed by atoms with van der Waals surface area (Å²) in [5.41, 5.74) is 1.50. The number of benzene rings is 2. The molecule has 0 radical (unpaired) electrons. The molecule has 1 fully saturated rings. The summed E-state index contributed by atoms with van der Waals surface area (Å²) < 4.78 is 10.6. The van der Waals surface area contributed by atoms with Gasteiger partial charge in [0.05, 0.1) is 6.54 Å². The molecule has 2 aromatic rings. The van der Waals surface area contributed by atoms with Crippen LogP contribution in [0.3, 0.4) is 0 Å².